The fraction of sp³-hybridized carbons (Fsp3) is 0.400. The quantitative estimate of drug-likeness (QED) is 0.888. The Labute approximate surface area is 113 Å². The summed E-state index contributed by atoms with van der Waals surface area (Å²) in [5.41, 5.74) is 0. The van der Waals surface area contributed by atoms with Gasteiger partial charge in [-0.15, -0.1) is 0 Å². The highest BCUT2D eigenvalue weighted by Crippen LogP contribution is 2.30. The van der Waals surface area contributed by atoms with E-state index in [9.17, 15) is 13.5 Å². The Morgan fingerprint density at radius 1 is 1.41 bits per heavy atom. The van der Waals surface area contributed by atoms with E-state index >= 15 is 0 Å². The van der Waals surface area contributed by atoms with E-state index in [0.29, 0.717) is 10.8 Å². The first-order valence-electron chi connectivity index (χ1n) is 4.87. The monoisotopic (exact) mass is 340 g/mol. The normalized spacial score (nSPS) is 27.0. The maximum atomic E-state index is 11.3. The topological polar surface area (TPSA) is 63.6 Å². The summed E-state index contributed by atoms with van der Waals surface area (Å²) in [7, 11) is -3.22. The average Bonchev–Trinajstić information content (AvgIpc) is 2.46. The summed E-state index contributed by atoms with van der Waals surface area (Å²) in [6.45, 7) is 0. The van der Waals surface area contributed by atoms with Crippen molar-refractivity contribution in [2.24, 2.45) is 0 Å². The van der Waals surface area contributed by atoms with Crippen molar-refractivity contribution in [2.75, 3.05) is 11.5 Å². The number of ether oxygens (including phenoxy) is 1. The predicted molar refractivity (Wildman–Crippen MR) is 68.2 cm³/mol. The highest BCUT2D eigenvalue weighted by molar-refractivity contribution is 9.10. The largest absolute Gasteiger partial charge is 0.485 e. The molecule has 1 aliphatic rings. The van der Waals surface area contributed by atoms with Crippen LogP contribution in [0, 0.1) is 0 Å². The van der Waals surface area contributed by atoms with Crippen LogP contribution in [-0.4, -0.2) is 37.2 Å². The molecule has 1 saturated heterocycles. The molecule has 1 aliphatic heterocycles. The molecule has 1 fully saturated rings. The van der Waals surface area contributed by atoms with E-state index in [2.05, 4.69) is 15.9 Å². The Bertz CT molecular complexity index is 531. The van der Waals surface area contributed by atoms with Gasteiger partial charge in [0, 0.05) is 4.47 Å². The molecule has 2 atom stereocenters. The fourth-order valence-corrected chi connectivity index (χ4v) is 3.80. The second-order valence-electron chi connectivity index (χ2n) is 3.88. The van der Waals surface area contributed by atoms with E-state index in [1.54, 1.807) is 18.2 Å². The molecule has 1 heterocycles. The number of aliphatic hydroxyl groups is 1. The molecule has 2 unspecified atom stereocenters. The zero-order chi connectivity index (χ0) is 12.6. The predicted octanol–water partition coefficient (Wildman–Crippen LogP) is 1.64. The Balaban J connectivity index is 2.19. The molecule has 1 aromatic carbocycles. The summed E-state index contributed by atoms with van der Waals surface area (Å²) < 4.78 is 28.8. The minimum absolute atomic E-state index is 0.184. The number of hydrogen-bond donors (Lipinski definition) is 1. The molecule has 0 bridgehead atoms. The maximum Gasteiger partial charge on any atom is 0.156 e. The first-order valence-corrected chi connectivity index (χ1v) is 7.87. The summed E-state index contributed by atoms with van der Waals surface area (Å²) in [5.74, 6) is -0.0810. The second kappa shape index (κ2) is 4.76. The van der Waals surface area contributed by atoms with Gasteiger partial charge < -0.3 is 9.84 Å². The van der Waals surface area contributed by atoms with Crippen LogP contribution < -0.4 is 4.74 Å². The van der Waals surface area contributed by atoms with Crippen LogP contribution in [0.2, 0.25) is 5.02 Å². The number of aliphatic hydroxyl groups excluding tert-OH is 1. The van der Waals surface area contributed by atoms with Crippen LogP contribution in [0.15, 0.2) is 22.7 Å². The van der Waals surface area contributed by atoms with Crippen LogP contribution in [0.1, 0.15) is 0 Å². The first kappa shape index (κ1) is 13.1. The number of halogens is 2. The third-order valence-corrected chi connectivity index (χ3v) is 4.93. The lowest BCUT2D eigenvalue weighted by molar-refractivity contribution is 0.0738. The molecule has 0 spiro atoms. The standard InChI is InChI=1S/C10H10BrClO4S/c11-6-1-2-7(12)9(3-6)16-10-5-17(14,15)4-8(10)13/h1-3,8,10,13H,4-5H2. The van der Waals surface area contributed by atoms with Gasteiger partial charge in [-0.2, -0.15) is 0 Å². The van der Waals surface area contributed by atoms with E-state index in [1.165, 1.54) is 0 Å². The molecule has 1 aromatic rings. The molecule has 4 nitrogen and oxygen atoms in total. The molecule has 94 valence electrons. The van der Waals surface area contributed by atoms with Gasteiger partial charge in [0.15, 0.2) is 9.84 Å². The molecule has 1 N–H and O–H groups in total. The van der Waals surface area contributed by atoms with Crippen molar-refractivity contribution in [3.8, 4) is 5.75 Å². The minimum Gasteiger partial charge on any atom is -0.485 e. The molecule has 0 radical (unpaired) electrons. The summed E-state index contributed by atoms with van der Waals surface area (Å²) in [6.07, 6.45) is -1.76. The van der Waals surface area contributed by atoms with Crippen molar-refractivity contribution in [3.05, 3.63) is 27.7 Å². The van der Waals surface area contributed by atoms with Crippen molar-refractivity contribution in [2.45, 2.75) is 12.2 Å². The van der Waals surface area contributed by atoms with Crippen LogP contribution in [0.25, 0.3) is 0 Å². The van der Waals surface area contributed by atoms with Crippen molar-refractivity contribution in [3.63, 3.8) is 0 Å². The average molecular weight is 342 g/mol. The molecule has 0 saturated carbocycles. The maximum absolute atomic E-state index is 11.3. The molecule has 17 heavy (non-hydrogen) atoms. The van der Waals surface area contributed by atoms with Crippen LogP contribution in [0.3, 0.4) is 0 Å². The molecule has 2 rings (SSSR count). The lowest BCUT2D eigenvalue weighted by Crippen LogP contribution is -2.29. The Morgan fingerprint density at radius 2 is 2.12 bits per heavy atom. The molecule has 7 heteroatoms. The van der Waals surface area contributed by atoms with E-state index in [0.717, 1.165) is 4.47 Å². The fourth-order valence-electron chi connectivity index (χ4n) is 1.64. The van der Waals surface area contributed by atoms with E-state index in [1.807, 2.05) is 0 Å². The lowest BCUT2D eigenvalue weighted by atomic mass is 10.2. The SMILES string of the molecule is O=S1(=O)CC(O)C(Oc2cc(Br)ccc2Cl)C1. The van der Waals surface area contributed by atoms with Gasteiger partial charge in [-0.25, -0.2) is 8.42 Å². The Hall–Kier alpha value is -0.300. The van der Waals surface area contributed by atoms with Gasteiger partial charge in [-0.1, -0.05) is 27.5 Å². The lowest BCUT2D eigenvalue weighted by Gasteiger charge is -2.16. The zero-order valence-corrected chi connectivity index (χ0v) is 11.8. The molecular formula is C10H10BrClO4S. The van der Waals surface area contributed by atoms with Crippen LogP contribution >= 0.6 is 27.5 Å². The van der Waals surface area contributed by atoms with Crippen LogP contribution in [-0.2, 0) is 9.84 Å². The summed E-state index contributed by atoms with van der Waals surface area (Å²) >= 11 is 9.18. The minimum atomic E-state index is -3.22. The summed E-state index contributed by atoms with van der Waals surface area (Å²) in [4.78, 5) is 0. The van der Waals surface area contributed by atoms with Gasteiger partial charge in [-0.05, 0) is 18.2 Å². The van der Waals surface area contributed by atoms with Gasteiger partial charge in [0.05, 0.1) is 16.5 Å². The molecule has 0 aromatic heterocycles. The Morgan fingerprint density at radius 3 is 2.71 bits per heavy atom. The second-order valence-corrected chi connectivity index (χ2v) is 7.35. The number of sulfone groups is 1. The van der Waals surface area contributed by atoms with E-state index in [4.69, 9.17) is 16.3 Å². The van der Waals surface area contributed by atoms with E-state index < -0.39 is 22.0 Å². The third-order valence-electron chi connectivity index (χ3n) is 2.44. The van der Waals surface area contributed by atoms with Gasteiger partial charge >= 0.3 is 0 Å². The number of hydrogen-bond acceptors (Lipinski definition) is 4. The van der Waals surface area contributed by atoms with Crippen molar-refractivity contribution in [1.29, 1.82) is 0 Å². The summed E-state index contributed by atoms with van der Waals surface area (Å²) in [5, 5.41) is 9.97. The van der Waals surface area contributed by atoms with E-state index in [-0.39, 0.29) is 11.5 Å². The van der Waals surface area contributed by atoms with Gasteiger partial charge in [0.25, 0.3) is 0 Å². The summed E-state index contributed by atoms with van der Waals surface area (Å²) in [6, 6.07) is 5.02. The number of rotatable bonds is 2. The first-order chi connectivity index (χ1) is 7.87. The molecular weight excluding hydrogens is 332 g/mol. The zero-order valence-electron chi connectivity index (χ0n) is 8.64. The highest BCUT2D eigenvalue weighted by Gasteiger charge is 2.38. The highest BCUT2D eigenvalue weighted by atomic mass is 79.9. The van der Waals surface area contributed by atoms with Crippen molar-refractivity contribution >= 4 is 37.4 Å². The molecule has 0 amide bonds. The Kier molecular flexibility index (Phi) is 3.68. The van der Waals surface area contributed by atoms with Crippen molar-refractivity contribution < 1.29 is 18.3 Å². The third kappa shape index (κ3) is 3.13. The van der Waals surface area contributed by atoms with Gasteiger partial charge in [0.1, 0.15) is 18.0 Å². The smallest absolute Gasteiger partial charge is 0.156 e. The van der Waals surface area contributed by atoms with Crippen LogP contribution in [0.4, 0.5) is 0 Å². The van der Waals surface area contributed by atoms with Crippen molar-refractivity contribution in [1.82, 2.24) is 0 Å². The number of benzene rings is 1. The van der Waals surface area contributed by atoms with Crippen LogP contribution in [0.5, 0.6) is 5.75 Å². The molecule has 0 aliphatic carbocycles. The van der Waals surface area contributed by atoms with Gasteiger partial charge in [-0.3, -0.25) is 0 Å². The van der Waals surface area contributed by atoms with Gasteiger partial charge in [0.2, 0.25) is 0 Å².